The summed E-state index contributed by atoms with van der Waals surface area (Å²) in [5.74, 6) is -0.00764. The van der Waals surface area contributed by atoms with Gasteiger partial charge < -0.3 is 20.6 Å². The molecule has 0 aromatic heterocycles. The first-order chi connectivity index (χ1) is 11.0. The van der Waals surface area contributed by atoms with Crippen LogP contribution in [0.25, 0.3) is 0 Å². The Hall–Kier alpha value is -2.08. The van der Waals surface area contributed by atoms with Crippen LogP contribution in [0.4, 0.5) is 0 Å². The Bertz CT molecular complexity index is 603. The number of nitrogens with two attached hydrogens (primary N) is 1. The second-order valence-corrected chi connectivity index (χ2v) is 6.50. The van der Waals surface area contributed by atoms with E-state index in [1.54, 1.807) is 21.9 Å². The van der Waals surface area contributed by atoms with Gasteiger partial charge in [0.05, 0.1) is 5.54 Å². The topological polar surface area (TPSA) is 86.9 Å². The highest BCUT2D eigenvalue weighted by molar-refractivity contribution is 5.95. The first-order valence-corrected chi connectivity index (χ1v) is 8.16. The summed E-state index contributed by atoms with van der Waals surface area (Å²) in [5, 5.41) is 9.49. The average molecular weight is 317 g/mol. The highest BCUT2D eigenvalue weighted by Crippen LogP contribution is 2.29. The van der Waals surface area contributed by atoms with E-state index in [-0.39, 0.29) is 17.6 Å². The Morgan fingerprint density at radius 2 is 1.65 bits per heavy atom. The molecule has 1 aliphatic heterocycles. The molecule has 1 aliphatic carbocycles. The fourth-order valence-corrected chi connectivity index (χ4v) is 3.47. The molecule has 1 aromatic rings. The third kappa shape index (κ3) is 3.17. The molecule has 3 N–H and O–H groups in total. The van der Waals surface area contributed by atoms with Crippen LogP contribution in [0.1, 0.15) is 36.0 Å². The summed E-state index contributed by atoms with van der Waals surface area (Å²) in [7, 11) is 0. The minimum Gasteiger partial charge on any atom is -0.508 e. The monoisotopic (exact) mass is 317 g/mol. The van der Waals surface area contributed by atoms with Crippen molar-refractivity contribution >= 4 is 11.8 Å². The average Bonchev–Trinajstić information content (AvgIpc) is 3.01. The van der Waals surface area contributed by atoms with Crippen LogP contribution in [-0.4, -0.2) is 58.4 Å². The van der Waals surface area contributed by atoms with Crippen LogP contribution in [-0.2, 0) is 4.79 Å². The molecule has 6 heteroatoms. The number of amides is 2. The number of piperazine rings is 1. The van der Waals surface area contributed by atoms with Gasteiger partial charge in [0.1, 0.15) is 5.75 Å². The van der Waals surface area contributed by atoms with E-state index in [4.69, 9.17) is 5.73 Å². The standard InChI is InChI=1S/C17H23N3O3/c18-17(6-1-2-7-17)16(23)20-10-8-19(9-11-20)15(22)13-4-3-5-14(21)12-13/h3-5,12,21H,1-2,6-11,18H2. The molecule has 0 spiro atoms. The minimum atomic E-state index is -0.697. The second-order valence-electron chi connectivity index (χ2n) is 6.50. The maximum absolute atomic E-state index is 12.6. The predicted molar refractivity (Wildman–Crippen MR) is 86.0 cm³/mol. The predicted octanol–water partition coefficient (Wildman–Crippen LogP) is 0.948. The normalized spacial score (nSPS) is 20.6. The second kappa shape index (κ2) is 6.20. The van der Waals surface area contributed by atoms with Crippen molar-refractivity contribution < 1.29 is 14.7 Å². The van der Waals surface area contributed by atoms with Crippen molar-refractivity contribution in [3.63, 3.8) is 0 Å². The zero-order valence-electron chi connectivity index (χ0n) is 13.2. The number of phenolic OH excluding ortho intramolecular Hbond substituents is 1. The Balaban J connectivity index is 1.60. The maximum atomic E-state index is 12.6. The van der Waals surface area contributed by atoms with Gasteiger partial charge >= 0.3 is 0 Å². The summed E-state index contributed by atoms with van der Waals surface area (Å²) in [6, 6.07) is 6.34. The molecule has 0 radical (unpaired) electrons. The molecule has 1 heterocycles. The van der Waals surface area contributed by atoms with Crippen LogP contribution in [0.15, 0.2) is 24.3 Å². The SMILES string of the molecule is NC1(C(=O)N2CCN(C(=O)c3cccc(O)c3)CC2)CCCC1. The van der Waals surface area contributed by atoms with Crippen LogP contribution < -0.4 is 5.73 Å². The molecule has 23 heavy (non-hydrogen) atoms. The van der Waals surface area contributed by atoms with Crippen molar-refractivity contribution in [2.75, 3.05) is 26.2 Å². The van der Waals surface area contributed by atoms with Gasteiger partial charge in [-0.2, -0.15) is 0 Å². The first-order valence-electron chi connectivity index (χ1n) is 8.16. The quantitative estimate of drug-likeness (QED) is 0.850. The number of hydrogen-bond acceptors (Lipinski definition) is 4. The van der Waals surface area contributed by atoms with Crippen molar-refractivity contribution in [3.8, 4) is 5.75 Å². The lowest BCUT2D eigenvalue weighted by Gasteiger charge is -2.38. The fraction of sp³-hybridized carbons (Fsp3) is 0.529. The highest BCUT2D eigenvalue weighted by atomic mass is 16.3. The number of nitrogens with zero attached hydrogens (tertiary/aromatic N) is 2. The van der Waals surface area contributed by atoms with E-state index in [1.165, 1.54) is 12.1 Å². The van der Waals surface area contributed by atoms with Crippen LogP contribution >= 0.6 is 0 Å². The molecule has 2 fully saturated rings. The van der Waals surface area contributed by atoms with Crippen LogP contribution in [0.2, 0.25) is 0 Å². The van der Waals surface area contributed by atoms with E-state index in [2.05, 4.69) is 0 Å². The van der Waals surface area contributed by atoms with Gasteiger partial charge in [-0.15, -0.1) is 0 Å². The van der Waals surface area contributed by atoms with Gasteiger partial charge in [0.25, 0.3) is 5.91 Å². The molecule has 6 nitrogen and oxygen atoms in total. The Morgan fingerprint density at radius 1 is 1.04 bits per heavy atom. The zero-order valence-corrected chi connectivity index (χ0v) is 13.2. The maximum Gasteiger partial charge on any atom is 0.254 e. The Kier molecular flexibility index (Phi) is 4.26. The molecule has 124 valence electrons. The van der Waals surface area contributed by atoms with Crippen molar-refractivity contribution in [2.24, 2.45) is 5.73 Å². The number of aromatic hydroxyl groups is 1. The van der Waals surface area contributed by atoms with Crippen molar-refractivity contribution in [3.05, 3.63) is 29.8 Å². The van der Waals surface area contributed by atoms with E-state index in [1.807, 2.05) is 0 Å². The number of carbonyl (C=O) groups is 2. The zero-order chi connectivity index (χ0) is 16.4. The lowest BCUT2D eigenvalue weighted by molar-refractivity contribution is -0.138. The van der Waals surface area contributed by atoms with Crippen LogP contribution in [0, 0.1) is 0 Å². The van der Waals surface area contributed by atoms with E-state index in [9.17, 15) is 14.7 Å². The number of phenols is 1. The van der Waals surface area contributed by atoms with E-state index < -0.39 is 5.54 Å². The van der Waals surface area contributed by atoms with E-state index in [0.29, 0.717) is 31.7 Å². The van der Waals surface area contributed by atoms with Gasteiger partial charge in [0, 0.05) is 31.7 Å². The van der Waals surface area contributed by atoms with Crippen LogP contribution in [0.3, 0.4) is 0 Å². The van der Waals surface area contributed by atoms with Gasteiger partial charge in [0.2, 0.25) is 5.91 Å². The van der Waals surface area contributed by atoms with Crippen molar-refractivity contribution in [1.29, 1.82) is 0 Å². The molecule has 1 aromatic carbocycles. The lowest BCUT2D eigenvalue weighted by atomic mass is 9.97. The van der Waals surface area contributed by atoms with Crippen molar-refractivity contribution in [2.45, 2.75) is 31.2 Å². The molecular formula is C17H23N3O3. The fourth-order valence-electron chi connectivity index (χ4n) is 3.47. The molecule has 0 bridgehead atoms. The van der Waals surface area contributed by atoms with Gasteiger partial charge in [-0.3, -0.25) is 9.59 Å². The lowest BCUT2D eigenvalue weighted by Crippen LogP contribution is -2.59. The Labute approximate surface area is 135 Å². The molecule has 1 saturated heterocycles. The Morgan fingerprint density at radius 3 is 2.26 bits per heavy atom. The summed E-state index contributed by atoms with van der Waals surface area (Å²) in [6.45, 7) is 2.03. The smallest absolute Gasteiger partial charge is 0.254 e. The van der Waals surface area contributed by atoms with E-state index in [0.717, 1.165) is 25.7 Å². The largest absolute Gasteiger partial charge is 0.508 e. The molecule has 2 aliphatic rings. The summed E-state index contributed by atoms with van der Waals surface area (Å²) >= 11 is 0. The minimum absolute atomic E-state index is 0.0273. The first kappa shape index (κ1) is 15.8. The summed E-state index contributed by atoms with van der Waals surface area (Å²) in [6.07, 6.45) is 3.54. The number of rotatable bonds is 2. The van der Waals surface area contributed by atoms with Gasteiger partial charge in [-0.25, -0.2) is 0 Å². The molecule has 2 amide bonds. The third-order valence-electron chi connectivity index (χ3n) is 4.87. The summed E-state index contributed by atoms with van der Waals surface area (Å²) in [5.41, 5.74) is 6.01. The van der Waals surface area contributed by atoms with Gasteiger partial charge in [-0.05, 0) is 31.0 Å². The van der Waals surface area contributed by atoms with Gasteiger partial charge in [-0.1, -0.05) is 18.9 Å². The molecule has 1 saturated carbocycles. The van der Waals surface area contributed by atoms with Crippen LogP contribution in [0.5, 0.6) is 5.75 Å². The van der Waals surface area contributed by atoms with Crippen molar-refractivity contribution in [1.82, 2.24) is 9.80 Å². The number of carbonyl (C=O) groups excluding carboxylic acids is 2. The van der Waals surface area contributed by atoms with Gasteiger partial charge in [0.15, 0.2) is 0 Å². The highest BCUT2D eigenvalue weighted by Gasteiger charge is 2.40. The molecule has 0 atom stereocenters. The summed E-state index contributed by atoms with van der Waals surface area (Å²) in [4.78, 5) is 28.5. The third-order valence-corrected chi connectivity index (χ3v) is 4.87. The summed E-state index contributed by atoms with van der Waals surface area (Å²) < 4.78 is 0. The number of benzene rings is 1. The van der Waals surface area contributed by atoms with E-state index >= 15 is 0 Å². The molecular weight excluding hydrogens is 294 g/mol. The molecule has 3 rings (SSSR count). The number of hydrogen-bond donors (Lipinski definition) is 2. The molecule has 0 unspecified atom stereocenters.